The first-order valence-electron chi connectivity index (χ1n) is 8.28. The van der Waals surface area contributed by atoms with E-state index in [2.05, 4.69) is 20.6 Å². The third-order valence-electron chi connectivity index (χ3n) is 4.99. The molecular weight excluding hydrogens is 358 g/mol. The third-order valence-corrected chi connectivity index (χ3v) is 5.28. The van der Waals surface area contributed by atoms with Gasteiger partial charge in [-0.3, -0.25) is 14.6 Å². The van der Waals surface area contributed by atoms with Gasteiger partial charge >= 0.3 is 0 Å². The molecule has 2 aliphatic rings. The summed E-state index contributed by atoms with van der Waals surface area (Å²) in [4.78, 5) is 33.6. The molecule has 1 fully saturated rings. The maximum Gasteiger partial charge on any atom is 0.293 e. The lowest BCUT2D eigenvalue weighted by Gasteiger charge is -2.45. The number of rotatable bonds is 2. The molecule has 0 radical (unpaired) electrons. The molecular formula is C16H18ClN7O2. The Morgan fingerprint density at radius 2 is 2.00 bits per heavy atom. The summed E-state index contributed by atoms with van der Waals surface area (Å²) in [5.41, 5.74) is 5.03. The fraction of sp³-hybridized carbons (Fsp3) is 0.375. The van der Waals surface area contributed by atoms with E-state index in [0.29, 0.717) is 5.82 Å². The fourth-order valence-electron chi connectivity index (χ4n) is 3.68. The van der Waals surface area contributed by atoms with Crippen LogP contribution in [0.15, 0.2) is 23.3 Å². The van der Waals surface area contributed by atoms with Gasteiger partial charge in [0.05, 0.1) is 5.02 Å². The Bertz CT molecular complexity index is 952. The van der Waals surface area contributed by atoms with Gasteiger partial charge in [0.2, 0.25) is 0 Å². The highest BCUT2D eigenvalue weighted by atomic mass is 35.5. The second-order valence-electron chi connectivity index (χ2n) is 6.54. The number of fused-ring (bicyclic) bond motifs is 1. The summed E-state index contributed by atoms with van der Waals surface area (Å²) in [7, 11) is 1.79. The van der Waals surface area contributed by atoms with Crippen molar-refractivity contribution in [3.63, 3.8) is 0 Å². The molecule has 1 spiro atoms. The van der Waals surface area contributed by atoms with Crippen molar-refractivity contribution >= 4 is 34.8 Å². The van der Waals surface area contributed by atoms with Crippen LogP contribution in [0.2, 0.25) is 5.02 Å². The van der Waals surface area contributed by atoms with Gasteiger partial charge in [-0.2, -0.15) is 0 Å². The van der Waals surface area contributed by atoms with Gasteiger partial charge in [0.1, 0.15) is 35.0 Å². The highest BCUT2D eigenvalue weighted by molar-refractivity contribution is 6.34. The molecule has 0 bridgehead atoms. The van der Waals surface area contributed by atoms with Crippen LogP contribution >= 0.6 is 11.6 Å². The van der Waals surface area contributed by atoms with Gasteiger partial charge in [0, 0.05) is 13.1 Å². The van der Waals surface area contributed by atoms with Crippen LogP contribution in [-0.4, -0.2) is 33.3 Å². The summed E-state index contributed by atoms with van der Waals surface area (Å²) in [5.74, 6) is 0.294. The number of nitrogen functional groups attached to an aromatic ring is 1. The number of hydrogen-bond donors (Lipinski definition) is 3. The maximum atomic E-state index is 13.1. The molecule has 26 heavy (non-hydrogen) atoms. The Morgan fingerprint density at radius 1 is 1.27 bits per heavy atom. The average molecular weight is 376 g/mol. The molecule has 2 aromatic rings. The maximum absolute atomic E-state index is 13.1. The van der Waals surface area contributed by atoms with Gasteiger partial charge in [-0.1, -0.05) is 11.6 Å². The molecule has 1 amide bonds. The van der Waals surface area contributed by atoms with E-state index < -0.39 is 5.66 Å². The van der Waals surface area contributed by atoms with E-state index in [1.807, 2.05) is 0 Å². The highest BCUT2D eigenvalue weighted by Gasteiger charge is 2.45. The number of aromatic nitrogens is 3. The molecule has 0 aromatic carbocycles. The first-order chi connectivity index (χ1) is 12.4. The molecule has 0 unspecified atom stereocenters. The lowest BCUT2D eigenvalue weighted by atomic mass is 10.1. The number of nitrogens with two attached hydrogens (primary N) is 1. The van der Waals surface area contributed by atoms with Gasteiger partial charge < -0.3 is 16.4 Å². The second kappa shape index (κ2) is 5.87. The van der Waals surface area contributed by atoms with Crippen molar-refractivity contribution in [3.05, 3.63) is 39.5 Å². The summed E-state index contributed by atoms with van der Waals surface area (Å²) < 4.78 is 1.35. The summed E-state index contributed by atoms with van der Waals surface area (Å²) in [5, 5.41) is 7.89. The third kappa shape index (κ3) is 2.47. The van der Waals surface area contributed by atoms with E-state index in [1.54, 1.807) is 12.1 Å². The predicted octanol–water partition coefficient (Wildman–Crippen LogP) is 1.20. The van der Waals surface area contributed by atoms with Crippen molar-refractivity contribution < 1.29 is 4.79 Å². The molecule has 9 nitrogen and oxygen atoms in total. The molecule has 1 aliphatic heterocycles. The lowest BCUT2D eigenvalue weighted by molar-refractivity contribution is 0.0830. The van der Waals surface area contributed by atoms with E-state index in [9.17, 15) is 9.59 Å². The van der Waals surface area contributed by atoms with Gasteiger partial charge in [0.25, 0.3) is 11.5 Å². The molecule has 3 heterocycles. The normalized spacial score (nSPS) is 17.9. The van der Waals surface area contributed by atoms with Crippen LogP contribution in [0, 0.1) is 0 Å². The van der Waals surface area contributed by atoms with Crippen molar-refractivity contribution in [1.29, 1.82) is 0 Å². The molecule has 136 valence electrons. The Kier molecular flexibility index (Phi) is 3.76. The molecule has 4 N–H and O–H groups in total. The van der Waals surface area contributed by atoms with Crippen LogP contribution in [0.3, 0.4) is 0 Å². The van der Waals surface area contributed by atoms with Gasteiger partial charge in [-0.25, -0.2) is 14.6 Å². The van der Waals surface area contributed by atoms with E-state index in [4.69, 9.17) is 17.3 Å². The number of amides is 1. The van der Waals surface area contributed by atoms with Crippen LogP contribution in [0.4, 0.5) is 17.3 Å². The van der Waals surface area contributed by atoms with Gasteiger partial charge in [-0.15, -0.1) is 0 Å². The van der Waals surface area contributed by atoms with Crippen molar-refractivity contribution in [2.24, 2.45) is 0 Å². The van der Waals surface area contributed by atoms with E-state index in [1.165, 1.54) is 23.1 Å². The van der Waals surface area contributed by atoms with E-state index in [0.717, 1.165) is 25.7 Å². The number of nitrogens with one attached hydrogen (secondary N) is 2. The van der Waals surface area contributed by atoms with Crippen molar-refractivity contribution in [2.75, 3.05) is 23.1 Å². The second-order valence-corrected chi connectivity index (χ2v) is 6.95. The summed E-state index contributed by atoms with van der Waals surface area (Å²) in [6.45, 7) is 0. The zero-order chi connectivity index (χ0) is 18.5. The number of halogens is 1. The highest BCUT2D eigenvalue weighted by Crippen LogP contribution is 2.35. The average Bonchev–Trinajstić information content (AvgIpc) is 3.05. The number of nitrogens with zero attached hydrogens (tertiary/aromatic N) is 4. The topological polar surface area (TPSA) is 118 Å². The first-order valence-corrected chi connectivity index (χ1v) is 8.66. The summed E-state index contributed by atoms with van der Waals surface area (Å²) >= 11 is 6.33. The Labute approximate surface area is 154 Å². The summed E-state index contributed by atoms with van der Waals surface area (Å²) in [6, 6.07) is 2.93. The Morgan fingerprint density at radius 3 is 2.69 bits per heavy atom. The minimum atomic E-state index is -0.560. The zero-order valence-corrected chi connectivity index (χ0v) is 14.9. The number of carbonyl (C=O) groups excluding carboxylic acids is 1. The molecule has 1 saturated carbocycles. The monoisotopic (exact) mass is 375 g/mol. The van der Waals surface area contributed by atoms with Crippen LogP contribution in [0.25, 0.3) is 0 Å². The zero-order valence-electron chi connectivity index (χ0n) is 14.1. The lowest BCUT2D eigenvalue weighted by Crippen LogP contribution is -2.68. The van der Waals surface area contributed by atoms with Crippen LogP contribution in [-0.2, 0) is 0 Å². The van der Waals surface area contributed by atoms with Gasteiger partial charge in [0.15, 0.2) is 0 Å². The molecule has 4 rings (SSSR count). The van der Waals surface area contributed by atoms with Crippen molar-refractivity contribution in [2.45, 2.75) is 31.3 Å². The molecule has 0 saturated heterocycles. The molecule has 10 heteroatoms. The van der Waals surface area contributed by atoms with Crippen molar-refractivity contribution in [3.8, 4) is 0 Å². The molecule has 2 aromatic heterocycles. The fourth-order valence-corrected chi connectivity index (χ4v) is 3.96. The first kappa shape index (κ1) is 16.6. The number of hydrogen-bond acceptors (Lipinski definition) is 7. The Balaban J connectivity index is 1.83. The SMILES string of the molecule is CN1n2c(c(Cl)cc(Nc3cc(N)ncn3)c2=O)C(=O)NC12CCCC2. The minimum Gasteiger partial charge on any atom is -0.384 e. The minimum absolute atomic E-state index is 0.129. The Hall–Kier alpha value is -2.81. The quantitative estimate of drug-likeness (QED) is 0.721. The smallest absolute Gasteiger partial charge is 0.293 e. The van der Waals surface area contributed by atoms with Gasteiger partial charge in [-0.05, 0) is 31.7 Å². The number of anilines is 3. The molecule has 1 aliphatic carbocycles. The van der Waals surface area contributed by atoms with Crippen LogP contribution < -0.4 is 26.9 Å². The van der Waals surface area contributed by atoms with Crippen LogP contribution in [0.1, 0.15) is 36.2 Å². The summed E-state index contributed by atoms with van der Waals surface area (Å²) in [6.07, 6.45) is 4.82. The number of pyridine rings is 1. The van der Waals surface area contributed by atoms with Crippen LogP contribution in [0.5, 0.6) is 0 Å². The molecule has 0 atom stereocenters. The number of carbonyl (C=O) groups is 1. The van der Waals surface area contributed by atoms with Crippen molar-refractivity contribution in [1.82, 2.24) is 20.0 Å². The largest absolute Gasteiger partial charge is 0.384 e. The van der Waals surface area contributed by atoms with E-state index >= 15 is 0 Å². The predicted molar refractivity (Wildman–Crippen MR) is 98.2 cm³/mol. The standard InChI is InChI=1S/C16H18ClN7O2/c1-23-16(4-2-3-5-16)22-14(25)13-9(17)6-10(15(26)24(13)23)21-12-7-11(18)19-8-20-12/h6-8H,2-5H2,1H3,(H,22,25)(H3,18,19,20,21). The van der Waals surface area contributed by atoms with E-state index in [-0.39, 0.29) is 33.7 Å².